The van der Waals surface area contributed by atoms with Gasteiger partial charge in [-0.1, -0.05) is 72.8 Å². The van der Waals surface area contributed by atoms with Crippen molar-refractivity contribution in [3.05, 3.63) is 102 Å². The summed E-state index contributed by atoms with van der Waals surface area (Å²) in [5.74, 6) is -1.20. The SMILES string of the molecule is N#C[C@H](C(=O)OCc1ccccc1)c1nc2ccccc2nc1N1CCN(Cc2ccccc2)CC1. The number of piperazine rings is 1. The van der Waals surface area contributed by atoms with E-state index in [9.17, 15) is 10.1 Å². The van der Waals surface area contributed by atoms with Crippen LogP contribution < -0.4 is 4.90 Å². The van der Waals surface area contributed by atoms with Crippen LogP contribution in [0.25, 0.3) is 11.0 Å². The third kappa shape index (κ3) is 5.35. The van der Waals surface area contributed by atoms with Gasteiger partial charge in [-0.25, -0.2) is 9.97 Å². The first-order valence-electron chi connectivity index (χ1n) is 12.1. The highest BCUT2D eigenvalue weighted by Gasteiger charge is 2.31. The highest BCUT2D eigenvalue weighted by molar-refractivity contribution is 5.85. The number of nitrogens with zero attached hydrogens (tertiary/aromatic N) is 5. The fourth-order valence-corrected chi connectivity index (χ4v) is 4.43. The Balaban J connectivity index is 1.37. The van der Waals surface area contributed by atoms with Crippen molar-refractivity contribution in [2.45, 2.75) is 19.1 Å². The van der Waals surface area contributed by atoms with Crippen molar-refractivity contribution in [1.82, 2.24) is 14.9 Å². The van der Waals surface area contributed by atoms with Gasteiger partial charge in [0.15, 0.2) is 11.7 Å². The van der Waals surface area contributed by atoms with Gasteiger partial charge in [-0.15, -0.1) is 0 Å². The molecule has 3 aromatic carbocycles. The number of ether oxygens (including phenoxy) is 1. The van der Waals surface area contributed by atoms with Crippen molar-refractivity contribution >= 4 is 22.8 Å². The molecule has 36 heavy (non-hydrogen) atoms. The number of hydrogen-bond acceptors (Lipinski definition) is 7. The van der Waals surface area contributed by atoms with E-state index in [1.54, 1.807) is 0 Å². The molecule has 1 saturated heterocycles. The quantitative estimate of drug-likeness (QED) is 0.367. The molecular weight excluding hydrogens is 450 g/mol. The largest absolute Gasteiger partial charge is 0.460 e. The van der Waals surface area contributed by atoms with Gasteiger partial charge in [0, 0.05) is 32.7 Å². The Kier molecular flexibility index (Phi) is 7.15. The molecule has 0 saturated carbocycles. The second-order valence-electron chi connectivity index (χ2n) is 8.83. The van der Waals surface area contributed by atoms with Gasteiger partial charge in [0.25, 0.3) is 0 Å². The predicted octanol–water partition coefficient (Wildman–Crippen LogP) is 4.30. The highest BCUT2D eigenvalue weighted by Crippen LogP contribution is 2.29. The van der Waals surface area contributed by atoms with Gasteiger partial charge in [-0.2, -0.15) is 5.26 Å². The lowest BCUT2D eigenvalue weighted by Gasteiger charge is -2.36. The van der Waals surface area contributed by atoms with E-state index in [1.165, 1.54) is 5.56 Å². The molecule has 7 heteroatoms. The smallest absolute Gasteiger partial charge is 0.330 e. The van der Waals surface area contributed by atoms with Crippen LogP contribution in [0.15, 0.2) is 84.9 Å². The van der Waals surface area contributed by atoms with Gasteiger partial charge >= 0.3 is 5.97 Å². The third-order valence-electron chi connectivity index (χ3n) is 6.36. The Bertz CT molecular complexity index is 1360. The zero-order chi connectivity index (χ0) is 24.7. The van der Waals surface area contributed by atoms with Crippen molar-refractivity contribution < 1.29 is 9.53 Å². The normalized spacial score (nSPS) is 14.8. The van der Waals surface area contributed by atoms with Crippen LogP contribution in [0.5, 0.6) is 0 Å². The predicted molar refractivity (Wildman–Crippen MR) is 138 cm³/mol. The van der Waals surface area contributed by atoms with Crippen LogP contribution in [0, 0.1) is 11.3 Å². The Morgan fingerprint density at radius 2 is 1.42 bits per heavy atom. The van der Waals surface area contributed by atoms with Crippen LogP contribution in [-0.4, -0.2) is 47.0 Å². The monoisotopic (exact) mass is 477 g/mol. The molecule has 0 N–H and O–H groups in total. The molecule has 7 nitrogen and oxygen atoms in total. The minimum absolute atomic E-state index is 0.104. The molecule has 5 rings (SSSR count). The van der Waals surface area contributed by atoms with Crippen molar-refractivity contribution in [1.29, 1.82) is 5.26 Å². The molecule has 4 aromatic rings. The van der Waals surface area contributed by atoms with Gasteiger partial charge in [0.05, 0.1) is 17.1 Å². The van der Waals surface area contributed by atoms with E-state index >= 15 is 0 Å². The molecule has 0 spiro atoms. The van der Waals surface area contributed by atoms with E-state index in [0.29, 0.717) is 17.0 Å². The van der Waals surface area contributed by atoms with E-state index in [2.05, 4.69) is 40.1 Å². The Hall–Kier alpha value is -4.28. The molecule has 1 aliphatic heterocycles. The van der Waals surface area contributed by atoms with E-state index in [-0.39, 0.29) is 6.61 Å². The number of carbonyl (C=O) groups is 1. The maximum Gasteiger partial charge on any atom is 0.330 e. The number of anilines is 1. The summed E-state index contributed by atoms with van der Waals surface area (Å²) in [4.78, 5) is 27.2. The molecule has 1 fully saturated rings. The molecule has 0 aliphatic carbocycles. The lowest BCUT2D eigenvalue weighted by atomic mass is 10.1. The van der Waals surface area contributed by atoms with Crippen LogP contribution in [0.1, 0.15) is 22.7 Å². The number of rotatable bonds is 7. The standard InChI is InChI=1S/C29H27N5O2/c30-19-24(29(35)36-21-23-11-5-2-6-12-23)27-28(32-26-14-8-7-13-25(26)31-27)34-17-15-33(16-18-34)20-22-9-3-1-4-10-22/h1-14,24H,15-18,20-21H2/t24-/m0/s1. The van der Waals surface area contributed by atoms with Crippen molar-refractivity contribution in [3.8, 4) is 6.07 Å². The molecular formula is C29H27N5O2. The Morgan fingerprint density at radius 3 is 2.06 bits per heavy atom. The Morgan fingerprint density at radius 1 is 0.833 bits per heavy atom. The number of hydrogen-bond donors (Lipinski definition) is 0. The molecule has 0 radical (unpaired) electrons. The molecule has 2 heterocycles. The summed E-state index contributed by atoms with van der Waals surface area (Å²) in [6.45, 7) is 4.13. The summed E-state index contributed by atoms with van der Waals surface area (Å²) < 4.78 is 5.52. The molecule has 1 atom stereocenters. The molecule has 0 bridgehead atoms. The summed E-state index contributed by atoms with van der Waals surface area (Å²) in [7, 11) is 0. The van der Waals surface area contributed by atoms with Crippen LogP contribution in [0.4, 0.5) is 5.82 Å². The maximum atomic E-state index is 13.0. The van der Waals surface area contributed by atoms with Gasteiger partial charge in [0.1, 0.15) is 12.3 Å². The van der Waals surface area contributed by atoms with Crippen LogP contribution in [0.3, 0.4) is 0 Å². The van der Waals surface area contributed by atoms with E-state index < -0.39 is 11.9 Å². The van der Waals surface area contributed by atoms with Crippen molar-refractivity contribution in [2.75, 3.05) is 31.1 Å². The topological polar surface area (TPSA) is 82.3 Å². The van der Waals surface area contributed by atoms with Crippen LogP contribution in [-0.2, 0) is 22.7 Å². The van der Waals surface area contributed by atoms with E-state index in [4.69, 9.17) is 14.7 Å². The molecule has 180 valence electrons. The summed E-state index contributed by atoms with van der Waals surface area (Å²) in [6, 6.07) is 29.5. The van der Waals surface area contributed by atoms with Crippen LogP contribution in [0.2, 0.25) is 0 Å². The molecule has 0 amide bonds. The van der Waals surface area contributed by atoms with Crippen LogP contribution >= 0.6 is 0 Å². The first kappa shape index (κ1) is 23.5. The number of esters is 1. The minimum atomic E-state index is -1.16. The fourth-order valence-electron chi connectivity index (χ4n) is 4.43. The average molecular weight is 478 g/mol. The molecule has 1 aliphatic rings. The third-order valence-corrected chi connectivity index (χ3v) is 6.36. The first-order chi connectivity index (χ1) is 17.7. The summed E-state index contributed by atoms with van der Waals surface area (Å²) in [5, 5.41) is 10.0. The summed E-state index contributed by atoms with van der Waals surface area (Å²) >= 11 is 0. The molecule has 0 unspecified atom stereocenters. The highest BCUT2D eigenvalue weighted by atomic mass is 16.5. The number of benzene rings is 3. The average Bonchev–Trinajstić information content (AvgIpc) is 2.93. The number of nitriles is 1. The van der Waals surface area contributed by atoms with Crippen molar-refractivity contribution in [2.24, 2.45) is 0 Å². The lowest BCUT2D eigenvalue weighted by molar-refractivity contribution is -0.145. The Labute approximate surface area is 210 Å². The summed E-state index contributed by atoms with van der Waals surface area (Å²) in [6.07, 6.45) is 0. The minimum Gasteiger partial charge on any atom is -0.460 e. The van der Waals surface area contributed by atoms with Gasteiger partial charge in [-0.05, 0) is 23.3 Å². The zero-order valence-corrected chi connectivity index (χ0v) is 20.0. The number of carbonyl (C=O) groups excluding carboxylic acids is 1. The van der Waals surface area contributed by atoms with Gasteiger partial charge in [-0.3, -0.25) is 9.69 Å². The fraction of sp³-hybridized carbons (Fsp3) is 0.241. The first-order valence-corrected chi connectivity index (χ1v) is 12.1. The van der Waals surface area contributed by atoms with E-state index in [0.717, 1.165) is 43.8 Å². The molecule has 1 aromatic heterocycles. The van der Waals surface area contributed by atoms with Gasteiger partial charge < -0.3 is 9.64 Å². The summed E-state index contributed by atoms with van der Waals surface area (Å²) in [5.41, 5.74) is 3.88. The zero-order valence-electron chi connectivity index (χ0n) is 20.0. The second kappa shape index (κ2) is 11.0. The lowest BCUT2D eigenvalue weighted by Crippen LogP contribution is -2.46. The number of aromatic nitrogens is 2. The number of para-hydroxylation sites is 2. The van der Waals surface area contributed by atoms with E-state index in [1.807, 2.05) is 60.7 Å². The van der Waals surface area contributed by atoms with Gasteiger partial charge in [0.2, 0.25) is 0 Å². The number of fused-ring (bicyclic) bond motifs is 1. The van der Waals surface area contributed by atoms with Crippen molar-refractivity contribution in [3.63, 3.8) is 0 Å². The second-order valence-corrected chi connectivity index (χ2v) is 8.83. The maximum absolute atomic E-state index is 13.0.